The van der Waals surface area contributed by atoms with Crippen LogP contribution in [0.15, 0.2) is 34.7 Å². The zero-order chi connectivity index (χ0) is 20.1. The van der Waals surface area contributed by atoms with Gasteiger partial charge < -0.3 is 0 Å². The van der Waals surface area contributed by atoms with Crippen molar-refractivity contribution >= 4 is 15.9 Å². The van der Waals surface area contributed by atoms with Crippen LogP contribution in [0.1, 0.15) is 33.3 Å². The molecule has 1 aliphatic rings. The van der Waals surface area contributed by atoms with Gasteiger partial charge in [0.15, 0.2) is 0 Å². The zero-order valence-electron chi connectivity index (χ0n) is 14.6. The maximum absolute atomic E-state index is 13.2. The van der Waals surface area contributed by atoms with Crippen molar-refractivity contribution in [3.05, 3.63) is 41.2 Å². The Labute approximate surface area is 149 Å². The molecule has 0 saturated heterocycles. The lowest BCUT2D eigenvalue weighted by Crippen LogP contribution is -2.34. The van der Waals surface area contributed by atoms with Gasteiger partial charge in [-0.1, -0.05) is 25.5 Å². The van der Waals surface area contributed by atoms with Gasteiger partial charge in [-0.25, -0.2) is 17.5 Å². The summed E-state index contributed by atoms with van der Waals surface area (Å²) >= 11 is 0. The van der Waals surface area contributed by atoms with Gasteiger partial charge in [0, 0.05) is 0 Å². The largest absolute Gasteiger partial charge is 0.417 e. The molecule has 1 fully saturated rings. The number of carbonyl (C=O) groups is 1. The van der Waals surface area contributed by atoms with Crippen LogP contribution in [0.4, 0.5) is 17.6 Å². The third-order valence-electron chi connectivity index (χ3n) is 4.48. The first-order valence-corrected chi connectivity index (χ1v) is 9.24. The highest BCUT2D eigenvalue weighted by Gasteiger charge is 2.61. The minimum absolute atomic E-state index is 0.0894. The van der Waals surface area contributed by atoms with E-state index in [4.69, 9.17) is 0 Å². The van der Waals surface area contributed by atoms with E-state index in [1.165, 1.54) is 0 Å². The number of sulfonamides is 1. The van der Waals surface area contributed by atoms with Gasteiger partial charge in [0.25, 0.3) is 10.0 Å². The molecule has 0 spiro atoms. The average Bonchev–Trinajstić information content (AvgIpc) is 2.97. The van der Waals surface area contributed by atoms with E-state index in [2.05, 4.69) is 0 Å². The van der Waals surface area contributed by atoms with Crippen LogP contribution in [0.2, 0.25) is 0 Å². The molecule has 1 saturated carbocycles. The van der Waals surface area contributed by atoms with Crippen LogP contribution in [0.3, 0.4) is 0 Å². The second-order valence-corrected chi connectivity index (χ2v) is 8.83. The van der Waals surface area contributed by atoms with E-state index in [1.54, 1.807) is 18.6 Å². The topological polar surface area (TPSA) is 63.2 Å². The molecule has 0 aromatic heterocycles. The summed E-state index contributed by atoms with van der Waals surface area (Å²) in [5.41, 5.74) is -1.22. The standard InChI is InChI=1S/C17H19F4NO3S/c1-9(2)7-12-14(16(12,3)4)15(23)22-26(24,25)13-6-5-10(18)8-11(13)17(19,20)21/h5-8,12,14H,1-4H3,(H,22,23). The monoisotopic (exact) mass is 393 g/mol. The van der Waals surface area contributed by atoms with Gasteiger partial charge in [-0.2, -0.15) is 13.2 Å². The third-order valence-corrected chi connectivity index (χ3v) is 5.88. The summed E-state index contributed by atoms with van der Waals surface area (Å²) < 4.78 is 78.6. The number of allylic oxidation sites excluding steroid dienone is 2. The Morgan fingerprint density at radius 2 is 1.81 bits per heavy atom. The van der Waals surface area contributed by atoms with Gasteiger partial charge in [0.2, 0.25) is 5.91 Å². The Morgan fingerprint density at radius 3 is 2.31 bits per heavy atom. The first kappa shape index (κ1) is 20.4. The number of rotatable bonds is 4. The highest BCUT2D eigenvalue weighted by Crippen LogP contribution is 2.59. The van der Waals surface area contributed by atoms with Crippen LogP contribution in [-0.4, -0.2) is 14.3 Å². The average molecular weight is 393 g/mol. The van der Waals surface area contributed by atoms with E-state index in [0.717, 1.165) is 5.57 Å². The highest BCUT2D eigenvalue weighted by molar-refractivity contribution is 7.90. The van der Waals surface area contributed by atoms with Crippen LogP contribution in [0.25, 0.3) is 0 Å². The minimum Gasteiger partial charge on any atom is -0.274 e. The fraction of sp³-hybridized carbons (Fsp3) is 0.471. The van der Waals surface area contributed by atoms with Crippen LogP contribution >= 0.6 is 0 Å². The first-order valence-electron chi connectivity index (χ1n) is 7.76. The number of nitrogens with one attached hydrogen (secondary N) is 1. The van der Waals surface area contributed by atoms with Crippen molar-refractivity contribution in [1.82, 2.24) is 4.72 Å². The molecule has 0 aliphatic heterocycles. The van der Waals surface area contributed by atoms with E-state index in [-0.39, 0.29) is 12.0 Å². The lowest BCUT2D eigenvalue weighted by molar-refractivity contribution is -0.140. The van der Waals surface area contributed by atoms with Gasteiger partial charge in [0.05, 0.1) is 16.4 Å². The van der Waals surface area contributed by atoms with Gasteiger partial charge in [-0.3, -0.25) is 4.79 Å². The molecule has 26 heavy (non-hydrogen) atoms. The molecule has 1 aromatic carbocycles. The van der Waals surface area contributed by atoms with Crippen molar-refractivity contribution in [2.75, 3.05) is 0 Å². The molecule has 4 nitrogen and oxygen atoms in total. The van der Waals surface area contributed by atoms with Gasteiger partial charge in [0.1, 0.15) is 5.82 Å². The highest BCUT2D eigenvalue weighted by atomic mass is 32.2. The Bertz CT molecular complexity index is 868. The molecule has 1 amide bonds. The van der Waals surface area contributed by atoms with Crippen LogP contribution in [0.5, 0.6) is 0 Å². The predicted molar refractivity (Wildman–Crippen MR) is 86.9 cm³/mol. The lowest BCUT2D eigenvalue weighted by atomic mass is 10.1. The molecule has 2 rings (SSSR count). The second-order valence-electron chi connectivity index (χ2n) is 7.18. The summed E-state index contributed by atoms with van der Waals surface area (Å²) in [6.07, 6.45) is -3.26. The van der Waals surface area contributed by atoms with Gasteiger partial charge in [-0.15, -0.1) is 0 Å². The molecular weight excluding hydrogens is 374 g/mol. The number of carbonyl (C=O) groups excluding carboxylic acids is 1. The molecule has 0 heterocycles. The van der Waals surface area contributed by atoms with Gasteiger partial charge >= 0.3 is 6.18 Å². The molecule has 2 unspecified atom stereocenters. The summed E-state index contributed by atoms with van der Waals surface area (Å²) in [6.45, 7) is 7.20. The maximum Gasteiger partial charge on any atom is 0.417 e. The van der Waals surface area contributed by atoms with E-state index in [0.29, 0.717) is 12.1 Å². The molecule has 2 atom stereocenters. The van der Waals surface area contributed by atoms with Crippen molar-refractivity contribution in [3.8, 4) is 0 Å². The van der Waals surface area contributed by atoms with Crippen molar-refractivity contribution in [1.29, 1.82) is 0 Å². The Hall–Kier alpha value is -1.90. The summed E-state index contributed by atoms with van der Waals surface area (Å²) in [4.78, 5) is 11.2. The maximum atomic E-state index is 13.2. The fourth-order valence-electron chi connectivity index (χ4n) is 3.06. The van der Waals surface area contributed by atoms with Crippen LogP contribution < -0.4 is 4.72 Å². The Balaban J connectivity index is 2.34. The fourth-order valence-corrected chi connectivity index (χ4v) is 4.27. The Morgan fingerprint density at radius 1 is 1.23 bits per heavy atom. The molecule has 1 aliphatic carbocycles. The number of hydrogen-bond acceptors (Lipinski definition) is 3. The van der Waals surface area contributed by atoms with E-state index in [1.807, 2.05) is 19.9 Å². The van der Waals surface area contributed by atoms with Crippen LogP contribution in [0, 0.1) is 23.1 Å². The summed E-state index contributed by atoms with van der Waals surface area (Å²) in [5, 5.41) is 0. The molecule has 0 bridgehead atoms. The van der Waals surface area contributed by atoms with Crippen molar-refractivity contribution < 1.29 is 30.8 Å². The SMILES string of the molecule is CC(C)=CC1C(C(=O)NS(=O)(=O)c2ccc(F)cc2C(F)(F)F)C1(C)C. The number of hydrogen-bond donors (Lipinski definition) is 1. The molecule has 1 aromatic rings. The number of benzene rings is 1. The second kappa shape index (κ2) is 6.37. The normalized spacial score (nSPS) is 21.8. The van der Waals surface area contributed by atoms with Crippen molar-refractivity contribution in [2.45, 2.75) is 38.8 Å². The molecule has 9 heteroatoms. The van der Waals surface area contributed by atoms with E-state index < -0.39 is 49.7 Å². The minimum atomic E-state index is -5.08. The predicted octanol–water partition coefficient (Wildman–Crippen LogP) is 3.89. The Kier molecular flexibility index (Phi) is 5.00. The number of amides is 1. The summed E-state index contributed by atoms with van der Waals surface area (Å²) in [5.74, 6) is -3.00. The molecular formula is C17H19F4NO3S. The van der Waals surface area contributed by atoms with Crippen molar-refractivity contribution in [3.63, 3.8) is 0 Å². The lowest BCUT2D eigenvalue weighted by Gasteiger charge is -2.14. The number of halogens is 4. The summed E-state index contributed by atoms with van der Waals surface area (Å²) in [6, 6.07) is 1.19. The molecule has 144 valence electrons. The first-order chi connectivity index (χ1) is 11.7. The van der Waals surface area contributed by atoms with Crippen molar-refractivity contribution in [2.24, 2.45) is 17.3 Å². The van der Waals surface area contributed by atoms with Crippen LogP contribution in [-0.2, 0) is 21.0 Å². The number of alkyl halides is 3. The third kappa shape index (κ3) is 3.92. The quantitative estimate of drug-likeness (QED) is 0.624. The summed E-state index contributed by atoms with van der Waals surface area (Å²) in [7, 11) is -4.80. The molecule has 0 radical (unpaired) electrons. The van der Waals surface area contributed by atoms with E-state index in [9.17, 15) is 30.8 Å². The van der Waals surface area contributed by atoms with E-state index >= 15 is 0 Å². The smallest absolute Gasteiger partial charge is 0.274 e. The molecule has 1 N–H and O–H groups in total. The zero-order valence-corrected chi connectivity index (χ0v) is 15.4. The van der Waals surface area contributed by atoms with Gasteiger partial charge in [-0.05, 0) is 43.4 Å².